The molecule has 2 aliphatic rings. The Labute approximate surface area is 121 Å². The molecule has 0 saturated carbocycles. The van der Waals surface area contributed by atoms with E-state index in [4.69, 9.17) is 0 Å². The topological polar surface area (TPSA) is 15.3 Å². The van der Waals surface area contributed by atoms with Crippen molar-refractivity contribution in [2.75, 3.05) is 31.9 Å². The zero-order chi connectivity index (χ0) is 13.3. The van der Waals surface area contributed by atoms with E-state index >= 15 is 0 Å². The van der Waals surface area contributed by atoms with E-state index in [1.807, 2.05) is 0 Å². The number of nitrogens with zero attached hydrogens (tertiary/aromatic N) is 1. The number of rotatable bonds is 2. The van der Waals surface area contributed by atoms with Gasteiger partial charge in [0, 0.05) is 36.2 Å². The molecule has 19 heavy (non-hydrogen) atoms. The maximum atomic E-state index is 3.70. The summed E-state index contributed by atoms with van der Waals surface area (Å²) in [6.07, 6.45) is 1.17. The molecule has 1 saturated heterocycles. The van der Waals surface area contributed by atoms with Crippen molar-refractivity contribution in [2.24, 2.45) is 0 Å². The second kappa shape index (κ2) is 5.47. The van der Waals surface area contributed by atoms with E-state index < -0.39 is 0 Å². The molecule has 3 rings (SSSR count). The lowest BCUT2D eigenvalue weighted by atomic mass is 9.94. The van der Waals surface area contributed by atoms with E-state index in [2.05, 4.69) is 60.1 Å². The van der Waals surface area contributed by atoms with Crippen LogP contribution in [0.15, 0.2) is 24.3 Å². The smallest absolute Gasteiger partial charge is 0.0452 e. The Hall–Kier alpha value is -0.510. The monoisotopic (exact) mass is 276 g/mol. The molecule has 2 heterocycles. The molecule has 0 aromatic heterocycles. The zero-order valence-corrected chi connectivity index (χ0v) is 12.8. The van der Waals surface area contributed by atoms with Crippen LogP contribution in [0.25, 0.3) is 0 Å². The molecule has 3 heteroatoms. The fourth-order valence-corrected chi connectivity index (χ4v) is 4.46. The second-order valence-corrected chi connectivity index (χ2v) is 8.10. The first-order valence-electron chi connectivity index (χ1n) is 7.32. The molecular weight excluding hydrogens is 252 g/mol. The van der Waals surface area contributed by atoms with Crippen LogP contribution in [-0.2, 0) is 6.42 Å². The van der Waals surface area contributed by atoms with Crippen molar-refractivity contribution in [3.8, 4) is 0 Å². The highest BCUT2D eigenvalue weighted by atomic mass is 32.2. The number of thioether (sulfide) groups is 1. The predicted octanol–water partition coefficient (Wildman–Crippen LogP) is 2.70. The van der Waals surface area contributed by atoms with Crippen LogP contribution in [0.2, 0.25) is 0 Å². The Balaban J connectivity index is 1.71. The van der Waals surface area contributed by atoms with Crippen molar-refractivity contribution in [1.82, 2.24) is 10.2 Å². The summed E-state index contributed by atoms with van der Waals surface area (Å²) in [5.74, 6) is 1.27. The van der Waals surface area contributed by atoms with Crippen LogP contribution < -0.4 is 5.32 Å². The van der Waals surface area contributed by atoms with Gasteiger partial charge in [-0.3, -0.25) is 4.90 Å². The normalized spacial score (nSPS) is 26.9. The van der Waals surface area contributed by atoms with Crippen LogP contribution in [-0.4, -0.2) is 41.6 Å². The second-order valence-electron chi connectivity index (χ2n) is 6.30. The molecule has 1 N–H and O–H groups in total. The first-order chi connectivity index (χ1) is 9.14. The Kier molecular flexibility index (Phi) is 3.88. The summed E-state index contributed by atoms with van der Waals surface area (Å²) in [7, 11) is 0. The number of nitrogens with one attached hydrogen (secondary N) is 1. The number of fused-ring (bicyclic) bond motifs is 1. The molecule has 104 valence electrons. The molecule has 2 nitrogen and oxygen atoms in total. The van der Waals surface area contributed by atoms with Crippen LogP contribution in [0, 0.1) is 0 Å². The van der Waals surface area contributed by atoms with Crippen LogP contribution in [0.4, 0.5) is 0 Å². The minimum Gasteiger partial charge on any atom is -0.309 e. The SMILES string of the molecule is CC1(C)CN(CC2NCCc3ccccc32)CCS1. The van der Waals surface area contributed by atoms with Gasteiger partial charge in [-0.2, -0.15) is 11.8 Å². The largest absolute Gasteiger partial charge is 0.309 e. The van der Waals surface area contributed by atoms with Crippen LogP contribution in [0.3, 0.4) is 0 Å². The molecular formula is C16H24N2S. The molecule has 1 fully saturated rings. The van der Waals surface area contributed by atoms with Crippen molar-refractivity contribution in [3.63, 3.8) is 0 Å². The summed E-state index contributed by atoms with van der Waals surface area (Å²) >= 11 is 2.11. The van der Waals surface area contributed by atoms with Gasteiger partial charge in [-0.05, 0) is 37.9 Å². The summed E-state index contributed by atoms with van der Waals surface area (Å²) in [5, 5.41) is 3.70. The Morgan fingerprint density at radius 3 is 3.05 bits per heavy atom. The Morgan fingerprint density at radius 1 is 1.37 bits per heavy atom. The summed E-state index contributed by atoms with van der Waals surface area (Å²) in [5.41, 5.74) is 3.06. The molecule has 0 spiro atoms. The Morgan fingerprint density at radius 2 is 2.21 bits per heavy atom. The van der Waals surface area contributed by atoms with E-state index in [1.165, 1.54) is 36.4 Å². The molecule has 1 aromatic rings. The first-order valence-corrected chi connectivity index (χ1v) is 8.30. The molecule has 0 bridgehead atoms. The Bertz CT molecular complexity index is 444. The summed E-state index contributed by atoms with van der Waals surface area (Å²) in [6.45, 7) is 9.44. The van der Waals surface area contributed by atoms with E-state index in [0.717, 1.165) is 13.1 Å². The number of benzene rings is 1. The van der Waals surface area contributed by atoms with Crippen LogP contribution in [0.1, 0.15) is 31.0 Å². The lowest BCUT2D eigenvalue weighted by Gasteiger charge is -2.40. The average molecular weight is 276 g/mol. The van der Waals surface area contributed by atoms with Gasteiger partial charge in [0.05, 0.1) is 0 Å². The molecule has 0 radical (unpaired) electrons. The fourth-order valence-electron chi connectivity index (χ4n) is 3.28. The fraction of sp³-hybridized carbons (Fsp3) is 0.625. The van der Waals surface area contributed by atoms with Crippen molar-refractivity contribution in [1.29, 1.82) is 0 Å². The molecule has 0 amide bonds. The highest BCUT2D eigenvalue weighted by Gasteiger charge is 2.29. The molecule has 2 aliphatic heterocycles. The van der Waals surface area contributed by atoms with E-state index in [9.17, 15) is 0 Å². The quantitative estimate of drug-likeness (QED) is 0.894. The third-order valence-electron chi connectivity index (χ3n) is 4.16. The van der Waals surface area contributed by atoms with Gasteiger partial charge in [0.15, 0.2) is 0 Å². The predicted molar refractivity (Wildman–Crippen MR) is 83.9 cm³/mol. The minimum absolute atomic E-state index is 0.409. The zero-order valence-electron chi connectivity index (χ0n) is 12.0. The summed E-state index contributed by atoms with van der Waals surface area (Å²) in [6, 6.07) is 9.45. The van der Waals surface area contributed by atoms with Crippen LogP contribution >= 0.6 is 11.8 Å². The van der Waals surface area contributed by atoms with Gasteiger partial charge in [0.1, 0.15) is 0 Å². The van der Waals surface area contributed by atoms with Gasteiger partial charge >= 0.3 is 0 Å². The van der Waals surface area contributed by atoms with Gasteiger partial charge in [-0.15, -0.1) is 0 Å². The standard InChI is InChI=1S/C16H24N2S/c1-16(2)12-18(9-10-19-16)11-15-14-6-4-3-5-13(14)7-8-17-15/h3-6,15,17H,7-12H2,1-2H3. The van der Waals surface area contributed by atoms with Gasteiger partial charge < -0.3 is 5.32 Å². The van der Waals surface area contributed by atoms with Crippen LogP contribution in [0.5, 0.6) is 0 Å². The van der Waals surface area contributed by atoms with Gasteiger partial charge in [-0.25, -0.2) is 0 Å². The maximum absolute atomic E-state index is 3.70. The van der Waals surface area contributed by atoms with Crippen molar-refractivity contribution < 1.29 is 0 Å². The average Bonchev–Trinajstić information content (AvgIpc) is 2.38. The minimum atomic E-state index is 0.409. The third-order valence-corrected chi connectivity index (χ3v) is 5.46. The summed E-state index contributed by atoms with van der Waals surface area (Å²) in [4.78, 5) is 2.64. The van der Waals surface area contributed by atoms with Crippen molar-refractivity contribution in [2.45, 2.75) is 31.1 Å². The van der Waals surface area contributed by atoms with Gasteiger partial charge in [0.2, 0.25) is 0 Å². The molecule has 1 unspecified atom stereocenters. The summed E-state index contributed by atoms with van der Waals surface area (Å²) < 4.78 is 0.409. The lowest BCUT2D eigenvalue weighted by Crippen LogP contribution is -2.47. The molecule has 1 atom stereocenters. The van der Waals surface area contributed by atoms with Crippen molar-refractivity contribution >= 4 is 11.8 Å². The van der Waals surface area contributed by atoms with Crippen molar-refractivity contribution in [3.05, 3.63) is 35.4 Å². The molecule has 0 aliphatic carbocycles. The number of hydrogen-bond donors (Lipinski definition) is 1. The third kappa shape index (κ3) is 3.15. The first kappa shape index (κ1) is 13.5. The maximum Gasteiger partial charge on any atom is 0.0452 e. The van der Waals surface area contributed by atoms with E-state index in [-0.39, 0.29) is 0 Å². The highest BCUT2D eigenvalue weighted by molar-refractivity contribution is 8.00. The van der Waals surface area contributed by atoms with E-state index in [0.29, 0.717) is 10.8 Å². The van der Waals surface area contributed by atoms with Gasteiger partial charge in [0.25, 0.3) is 0 Å². The van der Waals surface area contributed by atoms with Gasteiger partial charge in [-0.1, -0.05) is 24.3 Å². The lowest BCUT2D eigenvalue weighted by molar-refractivity contribution is 0.229. The highest BCUT2D eigenvalue weighted by Crippen LogP contribution is 2.31. The van der Waals surface area contributed by atoms with E-state index in [1.54, 1.807) is 0 Å². The molecule has 1 aromatic carbocycles. The number of hydrogen-bond acceptors (Lipinski definition) is 3.